The Morgan fingerprint density at radius 2 is 1.59 bits per heavy atom. The predicted octanol–water partition coefficient (Wildman–Crippen LogP) is 3.03. The summed E-state index contributed by atoms with van der Waals surface area (Å²) in [5, 5.41) is 21.9. The number of esters is 1. The number of ether oxygens (including phenoxy) is 8. The molecule has 0 amide bonds. The normalized spacial score (nSPS) is 28.7. The van der Waals surface area contributed by atoms with Gasteiger partial charge in [-0.2, -0.15) is 0 Å². The van der Waals surface area contributed by atoms with E-state index >= 15 is 0 Å². The molecule has 44 heavy (non-hydrogen) atoms. The molecule has 5 rings (SSSR count). The molecule has 11 nitrogen and oxygen atoms in total. The molecule has 0 spiro atoms. The van der Waals surface area contributed by atoms with Gasteiger partial charge in [-0.25, -0.2) is 4.79 Å². The highest BCUT2D eigenvalue weighted by molar-refractivity contribution is 5.70. The summed E-state index contributed by atoms with van der Waals surface area (Å²) >= 11 is 0. The number of aliphatic hydroxyl groups is 2. The SMILES string of the molecule is CCc1ccc(Cc2ccc(COC3CCCO3)cc2O[C@@H]2O[C@H](COC(=O)COC3CCCO3)[C@@H](OC)[C@H](O)[C@H]2O)cc1. The van der Waals surface area contributed by atoms with Crippen LogP contribution >= 0.6 is 0 Å². The first kappa shape index (κ1) is 32.8. The molecule has 2 aromatic rings. The van der Waals surface area contributed by atoms with E-state index in [-0.39, 0.29) is 19.5 Å². The van der Waals surface area contributed by atoms with Crippen LogP contribution < -0.4 is 4.74 Å². The van der Waals surface area contributed by atoms with Crippen molar-refractivity contribution in [2.24, 2.45) is 0 Å². The van der Waals surface area contributed by atoms with Gasteiger partial charge in [0.2, 0.25) is 6.29 Å². The summed E-state index contributed by atoms with van der Waals surface area (Å²) in [5.74, 6) is -0.127. The molecule has 2 aromatic carbocycles. The van der Waals surface area contributed by atoms with Crippen LogP contribution in [0.1, 0.15) is 54.9 Å². The quantitative estimate of drug-likeness (QED) is 0.304. The van der Waals surface area contributed by atoms with Crippen LogP contribution in [0.4, 0.5) is 0 Å². The second-order valence-corrected chi connectivity index (χ2v) is 11.3. The minimum atomic E-state index is -1.43. The number of carbonyl (C=O) groups excluding carboxylic acids is 1. The Kier molecular flexibility index (Phi) is 12.0. The molecule has 0 aromatic heterocycles. The molecule has 3 heterocycles. The maximum absolute atomic E-state index is 12.3. The summed E-state index contributed by atoms with van der Waals surface area (Å²) in [6, 6.07) is 14.2. The van der Waals surface area contributed by atoms with Crippen LogP contribution in [-0.4, -0.2) is 93.0 Å². The molecule has 3 aliphatic heterocycles. The van der Waals surface area contributed by atoms with Crippen molar-refractivity contribution in [3.8, 4) is 5.75 Å². The first-order valence-corrected chi connectivity index (χ1v) is 15.5. The van der Waals surface area contributed by atoms with E-state index in [4.69, 9.17) is 37.9 Å². The van der Waals surface area contributed by atoms with Crippen LogP contribution in [0, 0.1) is 0 Å². The van der Waals surface area contributed by atoms with Gasteiger partial charge in [0.15, 0.2) is 12.6 Å². The van der Waals surface area contributed by atoms with Crippen molar-refractivity contribution in [3.05, 3.63) is 64.7 Å². The lowest BCUT2D eigenvalue weighted by atomic mass is 9.98. The first-order chi connectivity index (χ1) is 21.4. The van der Waals surface area contributed by atoms with Crippen LogP contribution in [0.25, 0.3) is 0 Å². The molecular formula is C33H44O11. The fraction of sp³-hybridized carbons (Fsp3) is 0.606. The largest absolute Gasteiger partial charge is 0.462 e. The van der Waals surface area contributed by atoms with E-state index in [9.17, 15) is 15.0 Å². The Balaban J connectivity index is 1.28. The zero-order valence-corrected chi connectivity index (χ0v) is 25.4. The standard InChI is InChI=1S/C33H44O11/c1-3-21-8-10-22(11-9-21)16-24-13-12-23(18-41-28-6-4-14-38-28)17-25(24)43-33-31(36)30(35)32(37-2)26(44-33)19-40-27(34)20-42-29-7-5-15-39-29/h8-13,17,26,28-33,35-36H,3-7,14-16,18-20H2,1-2H3/t26-,28?,29?,30-,31-,32-,33-/m1/s1. The molecule has 0 radical (unpaired) electrons. The molecule has 11 heteroatoms. The lowest BCUT2D eigenvalue weighted by Gasteiger charge is -2.41. The van der Waals surface area contributed by atoms with Crippen LogP contribution in [0.3, 0.4) is 0 Å². The maximum atomic E-state index is 12.3. The molecule has 7 atom stereocenters. The fourth-order valence-electron chi connectivity index (χ4n) is 5.54. The number of hydrogen-bond acceptors (Lipinski definition) is 11. The number of rotatable bonds is 14. The lowest BCUT2D eigenvalue weighted by Crippen LogP contribution is -2.61. The topological polar surface area (TPSA) is 131 Å². The molecule has 242 valence electrons. The van der Waals surface area contributed by atoms with E-state index in [1.54, 1.807) is 0 Å². The molecule has 3 aliphatic rings. The third-order valence-electron chi connectivity index (χ3n) is 8.12. The second kappa shape index (κ2) is 16.1. The van der Waals surface area contributed by atoms with Gasteiger partial charge < -0.3 is 48.1 Å². The second-order valence-electron chi connectivity index (χ2n) is 11.3. The van der Waals surface area contributed by atoms with E-state index < -0.39 is 43.0 Å². The summed E-state index contributed by atoms with van der Waals surface area (Å²) in [6.07, 6.45) is -1.63. The number of benzene rings is 2. The van der Waals surface area contributed by atoms with Gasteiger partial charge in [-0.05, 0) is 47.6 Å². The fourth-order valence-corrected chi connectivity index (χ4v) is 5.54. The number of aryl methyl sites for hydroxylation is 1. The van der Waals surface area contributed by atoms with Gasteiger partial charge in [0.05, 0.1) is 6.61 Å². The molecular weight excluding hydrogens is 572 g/mol. The van der Waals surface area contributed by atoms with E-state index in [0.29, 0.717) is 32.0 Å². The molecule has 3 saturated heterocycles. The van der Waals surface area contributed by atoms with Crippen molar-refractivity contribution in [2.45, 2.75) is 95.3 Å². The van der Waals surface area contributed by atoms with Gasteiger partial charge in [-0.1, -0.05) is 43.3 Å². The first-order valence-electron chi connectivity index (χ1n) is 15.5. The smallest absolute Gasteiger partial charge is 0.332 e. The number of methoxy groups -OCH3 is 1. The van der Waals surface area contributed by atoms with Crippen molar-refractivity contribution >= 4 is 5.97 Å². The highest BCUT2D eigenvalue weighted by Crippen LogP contribution is 2.31. The summed E-state index contributed by atoms with van der Waals surface area (Å²) in [4.78, 5) is 12.3. The van der Waals surface area contributed by atoms with Gasteiger partial charge in [0.1, 0.15) is 43.4 Å². The Morgan fingerprint density at radius 1 is 0.909 bits per heavy atom. The Labute approximate surface area is 258 Å². The highest BCUT2D eigenvalue weighted by atomic mass is 16.7. The van der Waals surface area contributed by atoms with Crippen molar-refractivity contribution in [1.29, 1.82) is 0 Å². The van der Waals surface area contributed by atoms with Gasteiger partial charge in [0.25, 0.3) is 0 Å². The molecule has 3 fully saturated rings. The van der Waals surface area contributed by atoms with Gasteiger partial charge >= 0.3 is 5.97 Å². The van der Waals surface area contributed by atoms with E-state index in [1.807, 2.05) is 18.2 Å². The average molecular weight is 617 g/mol. The third-order valence-corrected chi connectivity index (χ3v) is 8.12. The summed E-state index contributed by atoms with van der Waals surface area (Å²) in [7, 11) is 1.39. The van der Waals surface area contributed by atoms with Crippen molar-refractivity contribution in [2.75, 3.05) is 33.5 Å². The average Bonchev–Trinajstić information content (AvgIpc) is 3.77. The van der Waals surface area contributed by atoms with Crippen molar-refractivity contribution in [1.82, 2.24) is 0 Å². The van der Waals surface area contributed by atoms with Gasteiger partial charge in [0, 0.05) is 39.6 Å². The van der Waals surface area contributed by atoms with E-state index in [1.165, 1.54) is 12.7 Å². The number of hydrogen-bond donors (Lipinski definition) is 2. The Hall–Kier alpha value is -2.61. The van der Waals surface area contributed by atoms with E-state index in [2.05, 4.69) is 31.2 Å². The number of carbonyl (C=O) groups is 1. The Morgan fingerprint density at radius 3 is 2.25 bits per heavy atom. The minimum absolute atomic E-state index is 0.234. The van der Waals surface area contributed by atoms with Crippen LogP contribution in [0.2, 0.25) is 0 Å². The molecule has 2 unspecified atom stereocenters. The van der Waals surface area contributed by atoms with Crippen LogP contribution in [0.15, 0.2) is 42.5 Å². The van der Waals surface area contributed by atoms with Crippen LogP contribution in [-0.2, 0) is 57.4 Å². The highest BCUT2D eigenvalue weighted by Gasteiger charge is 2.46. The Bertz CT molecular complexity index is 1180. The van der Waals surface area contributed by atoms with Crippen molar-refractivity contribution < 1.29 is 52.9 Å². The lowest BCUT2D eigenvalue weighted by molar-refractivity contribution is -0.283. The monoisotopic (exact) mass is 616 g/mol. The van der Waals surface area contributed by atoms with Gasteiger partial charge in [-0.15, -0.1) is 0 Å². The molecule has 2 N–H and O–H groups in total. The van der Waals surface area contributed by atoms with Crippen molar-refractivity contribution in [3.63, 3.8) is 0 Å². The summed E-state index contributed by atoms with van der Waals surface area (Å²) in [5.41, 5.74) is 4.06. The third kappa shape index (κ3) is 8.76. The minimum Gasteiger partial charge on any atom is -0.462 e. The number of aliphatic hydroxyl groups excluding tert-OH is 2. The molecule has 0 aliphatic carbocycles. The van der Waals surface area contributed by atoms with E-state index in [0.717, 1.165) is 48.8 Å². The molecule has 0 saturated carbocycles. The summed E-state index contributed by atoms with van der Waals surface area (Å²) < 4.78 is 45.5. The summed E-state index contributed by atoms with van der Waals surface area (Å²) in [6.45, 7) is 3.22. The molecule has 0 bridgehead atoms. The zero-order valence-electron chi connectivity index (χ0n) is 25.4. The predicted molar refractivity (Wildman–Crippen MR) is 157 cm³/mol. The van der Waals surface area contributed by atoms with Crippen LogP contribution in [0.5, 0.6) is 5.75 Å². The van der Waals surface area contributed by atoms with Gasteiger partial charge in [-0.3, -0.25) is 0 Å². The zero-order chi connectivity index (χ0) is 30.9. The maximum Gasteiger partial charge on any atom is 0.332 e.